The molecule has 2 aromatic rings. The minimum Gasteiger partial charge on any atom is -0.481 e. The van der Waals surface area contributed by atoms with Crippen LogP contribution in [0.5, 0.6) is 11.8 Å². The van der Waals surface area contributed by atoms with Crippen molar-refractivity contribution in [1.29, 1.82) is 0 Å². The lowest BCUT2D eigenvalue weighted by atomic mass is 10.3. The van der Waals surface area contributed by atoms with Gasteiger partial charge in [0.1, 0.15) is 6.33 Å². The van der Waals surface area contributed by atoms with Crippen molar-refractivity contribution >= 4 is 5.69 Å². The summed E-state index contributed by atoms with van der Waals surface area (Å²) >= 11 is 0. The fraction of sp³-hybridized carbons (Fsp3) is 0.308. The number of hydrogen-bond acceptors (Lipinski definition) is 6. The van der Waals surface area contributed by atoms with E-state index in [0.29, 0.717) is 18.3 Å². The lowest BCUT2D eigenvalue weighted by Gasteiger charge is -2.12. The Bertz CT molecular complexity index is 521. The molecule has 0 aliphatic carbocycles. The summed E-state index contributed by atoms with van der Waals surface area (Å²) in [6, 6.07) is 3.91. The minimum atomic E-state index is 0.498. The van der Waals surface area contributed by atoms with Crippen LogP contribution in [0.25, 0.3) is 0 Å². The zero-order valence-electron chi connectivity index (χ0n) is 11.2. The summed E-state index contributed by atoms with van der Waals surface area (Å²) in [5, 5.41) is 3.24. The quantitative estimate of drug-likeness (QED) is 0.884. The second-order valence-electron chi connectivity index (χ2n) is 3.91. The van der Waals surface area contributed by atoms with Gasteiger partial charge in [-0.2, -0.15) is 0 Å². The Morgan fingerprint density at radius 1 is 1.05 bits per heavy atom. The van der Waals surface area contributed by atoms with E-state index in [-0.39, 0.29) is 0 Å². The molecule has 2 rings (SSSR count). The summed E-state index contributed by atoms with van der Waals surface area (Å²) in [4.78, 5) is 12.3. The van der Waals surface area contributed by atoms with Gasteiger partial charge >= 0.3 is 0 Å². The first-order valence-electron chi connectivity index (χ1n) is 5.83. The predicted molar refractivity (Wildman–Crippen MR) is 71.4 cm³/mol. The molecule has 19 heavy (non-hydrogen) atoms. The normalized spacial score (nSPS) is 10.1. The van der Waals surface area contributed by atoms with Crippen LogP contribution in [-0.2, 0) is 6.54 Å². The van der Waals surface area contributed by atoms with E-state index >= 15 is 0 Å². The van der Waals surface area contributed by atoms with Crippen LogP contribution < -0.4 is 14.8 Å². The molecule has 0 aliphatic rings. The number of nitrogens with one attached hydrogen (secondary N) is 1. The molecule has 0 bridgehead atoms. The minimum absolute atomic E-state index is 0.498. The smallest absolute Gasteiger partial charge is 0.225 e. The van der Waals surface area contributed by atoms with Crippen molar-refractivity contribution in [2.75, 3.05) is 19.5 Å². The first-order chi connectivity index (χ1) is 9.24. The van der Waals surface area contributed by atoms with Crippen molar-refractivity contribution in [2.24, 2.45) is 0 Å². The lowest BCUT2D eigenvalue weighted by molar-refractivity contribution is 0.363. The van der Waals surface area contributed by atoms with E-state index in [1.54, 1.807) is 20.4 Å². The molecule has 0 radical (unpaired) electrons. The molecule has 2 heterocycles. The zero-order chi connectivity index (χ0) is 13.7. The number of ether oxygens (including phenoxy) is 2. The van der Waals surface area contributed by atoms with Gasteiger partial charge in [0.25, 0.3) is 0 Å². The van der Waals surface area contributed by atoms with E-state index < -0.39 is 0 Å². The summed E-state index contributed by atoms with van der Waals surface area (Å²) < 4.78 is 10.4. The molecular weight excluding hydrogens is 244 g/mol. The van der Waals surface area contributed by atoms with Gasteiger partial charge in [-0.15, -0.1) is 0 Å². The maximum absolute atomic E-state index is 5.21. The van der Waals surface area contributed by atoms with Gasteiger partial charge in [-0.1, -0.05) is 0 Å². The Balaban J connectivity index is 2.16. The second-order valence-corrected chi connectivity index (χ2v) is 3.91. The summed E-state index contributed by atoms with van der Waals surface area (Å²) in [7, 11) is 3.14. The fourth-order valence-electron chi connectivity index (χ4n) is 1.65. The maximum Gasteiger partial charge on any atom is 0.225 e. The van der Waals surface area contributed by atoms with Crippen molar-refractivity contribution in [2.45, 2.75) is 13.5 Å². The van der Waals surface area contributed by atoms with Crippen molar-refractivity contribution in [3.8, 4) is 11.8 Å². The number of hydrogen-bond donors (Lipinski definition) is 1. The Labute approximate surface area is 111 Å². The molecule has 0 unspecified atom stereocenters. The van der Waals surface area contributed by atoms with Gasteiger partial charge in [0, 0.05) is 5.69 Å². The third kappa shape index (κ3) is 3.09. The Morgan fingerprint density at radius 2 is 1.74 bits per heavy atom. The summed E-state index contributed by atoms with van der Waals surface area (Å²) in [6.45, 7) is 2.44. The third-order valence-electron chi connectivity index (χ3n) is 2.63. The van der Waals surface area contributed by atoms with Crippen LogP contribution in [0.15, 0.2) is 24.7 Å². The van der Waals surface area contributed by atoms with E-state index in [4.69, 9.17) is 9.47 Å². The molecule has 0 saturated heterocycles. The number of rotatable bonds is 5. The number of aryl methyl sites for hydroxylation is 1. The van der Waals surface area contributed by atoms with Crippen molar-refractivity contribution in [3.05, 3.63) is 35.9 Å². The van der Waals surface area contributed by atoms with Gasteiger partial charge in [0.05, 0.1) is 38.2 Å². The summed E-state index contributed by atoms with van der Waals surface area (Å²) in [6.07, 6.45) is 3.19. The first-order valence-corrected chi connectivity index (χ1v) is 5.83. The van der Waals surface area contributed by atoms with Crippen molar-refractivity contribution in [1.82, 2.24) is 15.0 Å². The first kappa shape index (κ1) is 13.1. The SMILES string of the molecule is COc1ncnc(OC)c1CNc1ccc(C)nc1. The molecule has 0 amide bonds. The zero-order valence-corrected chi connectivity index (χ0v) is 11.2. The average molecular weight is 260 g/mol. The van der Waals surface area contributed by atoms with Crippen LogP contribution in [0.1, 0.15) is 11.3 Å². The number of nitrogens with zero attached hydrogens (tertiary/aromatic N) is 3. The van der Waals surface area contributed by atoms with Gasteiger partial charge < -0.3 is 14.8 Å². The topological polar surface area (TPSA) is 69.2 Å². The van der Waals surface area contributed by atoms with Crippen LogP contribution in [0.3, 0.4) is 0 Å². The van der Waals surface area contributed by atoms with Crippen molar-refractivity contribution in [3.63, 3.8) is 0 Å². The largest absolute Gasteiger partial charge is 0.481 e. The molecule has 0 saturated carbocycles. The number of anilines is 1. The Hall–Kier alpha value is -2.37. The van der Waals surface area contributed by atoms with Gasteiger partial charge in [-0.25, -0.2) is 9.97 Å². The predicted octanol–water partition coefficient (Wildman–Crippen LogP) is 1.81. The van der Waals surface area contributed by atoms with Crippen LogP contribution in [0, 0.1) is 6.92 Å². The highest BCUT2D eigenvalue weighted by atomic mass is 16.5. The molecule has 0 fully saturated rings. The van der Waals surface area contributed by atoms with Crippen LogP contribution in [0.4, 0.5) is 5.69 Å². The average Bonchev–Trinajstić information content (AvgIpc) is 2.46. The molecule has 0 aromatic carbocycles. The third-order valence-corrected chi connectivity index (χ3v) is 2.63. The van der Waals surface area contributed by atoms with Gasteiger partial charge in [0.2, 0.25) is 11.8 Å². The Kier molecular flexibility index (Phi) is 4.12. The summed E-state index contributed by atoms with van der Waals surface area (Å²) in [5.41, 5.74) is 2.66. The van der Waals surface area contributed by atoms with Crippen LogP contribution in [-0.4, -0.2) is 29.2 Å². The lowest BCUT2D eigenvalue weighted by Crippen LogP contribution is -2.07. The van der Waals surface area contributed by atoms with Gasteiger partial charge in [-0.3, -0.25) is 4.98 Å². The van der Waals surface area contributed by atoms with Gasteiger partial charge in [-0.05, 0) is 19.1 Å². The number of pyridine rings is 1. The monoisotopic (exact) mass is 260 g/mol. The highest BCUT2D eigenvalue weighted by Crippen LogP contribution is 2.24. The number of aromatic nitrogens is 3. The van der Waals surface area contributed by atoms with E-state index in [1.165, 1.54) is 6.33 Å². The van der Waals surface area contributed by atoms with Crippen LogP contribution >= 0.6 is 0 Å². The molecule has 0 spiro atoms. The molecular formula is C13H16N4O2. The second kappa shape index (κ2) is 5.99. The van der Waals surface area contributed by atoms with E-state index in [2.05, 4.69) is 20.3 Å². The molecule has 1 N–H and O–H groups in total. The number of methoxy groups -OCH3 is 2. The molecule has 100 valence electrons. The molecule has 0 aliphatic heterocycles. The van der Waals surface area contributed by atoms with E-state index in [0.717, 1.165) is 16.9 Å². The molecule has 0 atom stereocenters. The fourth-order valence-corrected chi connectivity index (χ4v) is 1.65. The standard InChI is InChI=1S/C13H16N4O2/c1-9-4-5-10(6-14-9)15-7-11-12(18-2)16-8-17-13(11)19-3/h4-6,8,15H,7H2,1-3H3. The Morgan fingerprint density at radius 3 is 2.26 bits per heavy atom. The summed E-state index contributed by atoms with van der Waals surface area (Å²) in [5.74, 6) is 0.999. The maximum atomic E-state index is 5.21. The van der Waals surface area contributed by atoms with Crippen molar-refractivity contribution < 1.29 is 9.47 Å². The van der Waals surface area contributed by atoms with Crippen LogP contribution in [0.2, 0.25) is 0 Å². The highest BCUT2D eigenvalue weighted by Gasteiger charge is 2.12. The molecule has 2 aromatic heterocycles. The van der Waals surface area contributed by atoms with E-state index in [1.807, 2.05) is 19.1 Å². The molecule has 6 heteroatoms. The van der Waals surface area contributed by atoms with Gasteiger partial charge in [0.15, 0.2) is 0 Å². The van der Waals surface area contributed by atoms with E-state index in [9.17, 15) is 0 Å². The highest BCUT2D eigenvalue weighted by molar-refractivity contribution is 5.44. The molecule has 6 nitrogen and oxygen atoms in total.